The molecule has 0 aromatic heterocycles. The van der Waals surface area contributed by atoms with Crippen molar-refractivity contribution in [2.24, 2.45) is 0 Å². The zero-order valence-electron chi connectivity index (χ0n) is 15.0. The second-order valence-corrected chi connectivity index (χ2v) is 8.68. The fraction of sp³-hybridized carbons (Fsp3) is 0.350. The average molecular weight is 411 g/mol. The lowest BCUT2D eigenvalue weighted by Crippen LogP contribution is -2.35. The van der Waals surface area contributed by atoms with Gasteiger partial charge in [-0.15, -0.1) is 0 Å². The van der Waals surface area contributed by atoms with Crippen LogP contribution in [-0.4, -0.2) is 38.1 Å². The number of nitrogens with zero attached hydrogens (tertiary/aromatic N) is 1. The zero-order chi connectivity index (χ0) is 20.3. The van der Waals surface area contributed by atoms with Crippen molar-refractivity contribution in [1.29, 1.82) is 0 Å². The maximum atomic E-state index is 13.2. The Bertz CT molecular complexity index is 945. The van der Waals surface area contributed by atoms with Crippen LogP contribution in [0.1, 0.15) is 41.1 Å². The van der Waals surface area contributed by atoms with Crippen molar-refractivity contribution in [2.75, 3.05) is 13.1 Å². The van der Waals surface area contributed by atoms with Crippen LogP contribution in [0.3, 0.4) is 0 Å². The van der Waals surface area contributed by atoms with E-state index in [1.54, 1.807) is 12.1 Å². The van der Waals surface area contributed by atoms with E-state index in [4.69, 9.17) is 0 Å². The fourth-order valence-electron chi connectivity index (χ4n) is 3.49. The van der Waals surface area contributed by atoms with Gasteiger partial charge in [-0.2, -0.15) is 8.78 Å². The molecule has 28 heavy (non-hydrogen) atoms. The molecule has 0 aliphatic carbocycles. The van der Waals surface area contributed by atoms with Crippen LogP contribution in [-0.2, 0) is 9.84 Å². The lowest BCUT2D eigenvalue weighted by Gasteiger charge is -2.25. The first kappa shape index (κ1) is 20.4. The lowest BCUT2D eigenvalue weighted by molar-refractivity contribution is 0.0750. The number of hydrogen-bond acceptors (Lipinski definition) is 3. The predicted octanol–water partition coefficient (Wildman–Crippen LogP) is 4.23. The van der Waals surface area contributed by atoms with Gasteiger partial charge < -0.3 is 4.90 Å². The number of rotatable bonds is 4. The summed E-state index contributed by atoms with van der Waals surface area (Å²) >= 11 is 0. The summed E-state index contributed by atoms with van der Waals surface area (Å²) in [5, 5.41) is 0. The van der Waals surface area contributed by atoms with Gasteiger partial charge in [-0.1, -0.05) is 30.7 Å². The Morgan fingerprint density at radius 3 is 2.39 bits per heavy atom. The first-order chi connectivity index (χ1) is 13.3. The summed E-state index contributed by atoms with van der Waals surface area (Å²) in [6.07, 6.45) is 2.36. The summed E-state index contributed by atoms with van der Waals surface area (Å²) in [4.78, 5) is 13.9. The Morgan fingerprint density at radius 2 is 1.71 bits per heavy atom. The molecule has 1 heterocycles. The Kier molecular flexibility index (Phi) is 6.07. The van der Waals surface area contributed by atoms with Crippen LogP contribution in [0.4, 0.5) is 13.2 Å². The molecule has 150 valence electrons. The van der Waals surface area contributed by atoms with E-state index >= 15 is 0 Å². The van der Waals surface area contributed by atoms with E-state index < -0.39 is 26.4 Å². The van der Waals surface area contributed by atoms with E-state index in [0.29, 0.717) is 19.5 Å². The largest absolute Gasteiger partial charge is 0.341 e. The van der Waals surface area contributed by atoms with E-state index in [-0.39, 0.29) is 17.3 Å². The number of amides is 1. The first-order valence-electron chi connectivity index (χ1n) is 8.96. The minimum absolute atomic E-state index is 0.0362. The van der Waals surface area contributed by atoms with Crippen molar-refractivity contribution in [3.63, 3.8) is 0 Å². The van der Waals surface area contributed by atoms with Gasteiger partial charge in [0, 0.05) is 19.0 Å². The maximum Gasteiger partial charge on any atom is 0.341 e. The van der Waals surface area contributed by atoms with Gasteiger partial charge in [-0.05, 0) is 42.7 Å². The molecule has 1 saturated heterocycles. The molecule has 0 N–H and O–H groups in total. The molecule has 0 spiro atoms. The first-order valence-corrected chi connectivity index (χ1v) is 10.5. The highest BCUT2D eigenvalue weighted by Crippen LogP contribution is 2.29. The molecule has 1 unspecified atom stereocenters. The Labute approximate surface area is 161 Å². The zero-order valence-corrected chi connectivity index (χ0v) is 15.8. The Hall–Kier alpha value is -2.35. The molecule has 1 aliphatic rings. The van der Waals surface area contributed by atoms with Crippen LogP contribution in [0.25, 0.3) is 0 Å². The van der Waals surface area contributed by atoms with E-state index in [1.807, 2.05) is 0 Å². The second kappa shape index (κ2) is 8.34. The molecular weight excluding hydrogens is 391 g/mol. The highest BCUT2D eigenvalue weighted by Gasteiger charge is 2.33. The lowest BCUT2D eigenvalue weighted by atomic mass is 9.94. The van der Waals surface area contributed by atoms with Crippen molar-refractivity contribution < 1.29 is 26.4 Å². The third kappa shape index (κ3) is 4.22. The van der Waals surface area contributed by atoms with Gasteiger partial charge in [-0.3, -0.25) is 4.79 Å². The highest BCUT2D eigenvalue weighted by atomic mass is 32.2. The van der Waals surface area contributed by atoms with E-state index in [2.05, 4.69) is 0 Å². The molecule has 3 rings (SSSR count). The van der Waals surface area contributed by atoms with Crippen molar-refractivity contribution >= 4 is 15.7 Å². The van der Waals surface area contributed by atoms with Gasteiger partial charge in [-0.25, -0.2) is 12.8 Å². The van der Waals surface area contributed by atoms with Crippen molar-refractivity contribution in [3.05, 3.63) is 65.5 Å². The van der Waals surface area contributed by atoms with Crippen LogP contribution >= 0.6 is 0 Å². The standard InChI is InChI=1S/C20H20F3NO3S/c21-16-10-8-14(9-11-16)15-5-3-4-12-24(13-15)19(25)17-6-1-2-7-18(17)28(26,27)20(22)23/h1-2,6-11,15,20H,3-5,12-13H2. The molecule has 2 aromatic carbocycles. The topological polar surface area (TPSA) is 54.5 Å². The monoisotopic (exact) mass is 411 g/mol. The highest BCUT2D eigenvalue weighted by molar-refractivity contribution is 7.91. The van der Waals surface area contributed by atoms with Gasteiger partial charge in [0.1, 0.15) is 5.82 Å². The minimum atomic E-state index is -4.89. The van der Waals surface area contributed by atoms with Gasteiger partial charge >= 0.3 is 5.76 Å². The van der Waals surface area contributed by atoms with Crippen LogP contribution in [0.2, 0.25) is 0 Å². The van der Waals surface area contributed by atoms with Crippen LogP contribution in [0.5, 0.6) is 0 Å². The molecule has 1 atom stereocenters. The Morgan fingerprint density at radius 1 is 1.04 bits per heavy atom. The van der Waals surface area contributed by atoms with Gasteiger partial charge in [0.05, 0.1) is 10.5 Å². The maximum absolute atomic E-state index is 13.2. The molecule has 1 amide bonds. The number of carbonyl (C=O) groups excluding carboxylic acids is 1. The molecule has 0 bridgehead atoms. The smallest absolute Gasteiger partial charge is 0.338 e. The predicted molar refractivity (Wildman–Crippen MR) is 98.5 cm³/mol. The summed E-state index contributed by atoms with van der Waals surface area (Å²) in [7, 11) is -4.89. The van der Waals surface area contributed by atoms with E-state index in [0.717, 1.165) is 24.5 Å². The molecule has 0 radical (unpaired) electrons. The number of carbonyl (C=O) groups is 1. The van der Waals surface area contributed by atoms with Crippen molar-refractivity contribution in [1.82, 2.24) is 4.90 Å². The van der Waals surface area contributed by atoms with Crippen molar-refractivity contribution in [3.8, 4) is 0 Å². The third-order valence-corrected chi connectivity index (χ3v) is 6.40. The third-order valence-electron chi connectivity index (χ3n) is 4.96. The summed E-state index contributed by atoms with van der Waals surface area (Å²) < 4.78 is 63.2. The van der Waals surface area contributed by atoms with E-state index in [9.17, 15) is 26.4 Å². The number of alkyl halides is 2. The molecule has 0 saturated carbocycles. The number of benzene rings is 2. The average Bonchev–Trinajstić information content (AvgIpc) is 2.94. The van der Waals surface area contributed by atoms with Crippen LogP contribution in [0, 0.1) is 5.82 Å². The number of hydrogen-bond donors (Lipinski definition) is 0. The fourth-order valence-corrected chi connectivity index (χ4v) is 4.41. The molecule has 1 aliphatic heterocycles. The van der Waals surface area contributed by atoms with Crippen molar-refractivity contribution in [2.45, 2.75) is 35.8 Å². The summed E-state index contributed by atoms with van der Waals surface area (Å²) in [5.74, 6) is -4.58. The van der Waals surface area contributed by atoms with Gasteiger partial charge in [0.2, 0.25) is 9.84 Å². The number of halogens is 3. The van der Waals surface area contributed by atoms with Gasteiger partial charge in [0.25, 0.3) is 5.91 Å². The number of likely N-dealkylation sites (tertiary alicyclic amines) is 1. The Balaban J connectivity index is 1.91. The second-order valence-electron chi connectivity index (χ2n) is 6.80. The molecule has 4 nitrogen and oxygen atoms in total. The molecule has 2 aromatic rings. The SMILES string of the molecule is O=C(c1ccccc1S(=O)(=O)C(F)F)N1CCCCC(c2ccc(F)cc2)C1. The minimum Gasteiger partial charge on any atom is -0.338 e. The molecule has 1 fully saturated rings. The van der Waals surface area contributed by atoms with Gasteiger partial charge in [0.15, 0.2) is 0 Å². The quantitative estimate of drug-likeness (QED) is 0.757. The van der Waals surface area contributed by atoms with E-state index in [1.165, 1.54) is 35.2 Å². The molecular formula is C20H20F3NO3S. The van der Waals surface area contributed by atoms with Crippen LogP contribution < -0.4 is 0 Å². The summed E-state index contributed by atoms with van der Waals surface area (Å²) in [6, 6.07) is 11.1. The summed E-state index contributed by atoms with van der Waals surface area (Å²) in [5.41, 5.74) is 0.636. The number of sulfone groups is 1. The summed E-state index contributed by atoms with van der Waals surface area (Å²) in [6.45, 7) is 0.715. The normalized spacial score (nSPS) is 18.1. The molecule has 8 heteroatoms. The van der Waals surface area contributed by atoms with Crippen LogP contribution in [0.15, 0.2) is 53.4 Å².